The van der Waals surface area contributed by atoms with Crippen molar-refractivity contribution in [2.45, 2.75) is 0 Å². The van der Waals surface area contributed by atoms with Gasteiger partial charge in [-0.2, -0.15) is 0 Å². The number of aromatic amines is 1. The van der Waals surface area contributed by atoms with Crippen molar-refractivity contribution in [3.8, 4) is 5.88 Å². The lowest BCUT2D eigenvalue weighted by Crippen LogP contribution is -1.84. The zero-order chi connectivity index (χ0) is 6.69. The number of aromatic nitrogens is 1. The zero-order valence-electron chi connectivity index (χ0n) is 5.05. The Morgan fingerprint density at radius 1 is 1.67 bits per heavy atom. The molecule has 0 saturated carbocycles. The Morgan fingerprint density at radius 3 is 2.89 bits per heavy atom. The number of methoxy groups -OCH3 is 1. The molecule has 0 fully saturated rings. The van der Waals surface area contributed by atoms with Gasteiger partial charge in [-0.25, -0.2) is 0 Å². The summed E-state index contributed by atoms with van der Waals surface area (Å²) >= 11 is 4.87. The van der Waals surface area contributed by atoms with E-state index >= 15 is 0 Å². The first kappa shape index (κ1) is 6.29. The normalized spacial score (nSPS) is 9.00. The maximum absolute atomic E-state index is 4.87. The van der Waals surface area contributed by atoms with E-state index < -0.39 is 0 Å². The Morgan fingerprint density at radius 2 is 2.44 bits per heavy atom. The predicted molar refractivity (Wildman–Crippen MR) is 38.2 cm³/mol. The SMILES string of the molecule is COc1cc(=S)cc[nH]1. The van der Waals surface area contributed by atoms with Crippen molar-refractivity contribution in [3.63, 3.8) is 0 Å². The molecule has 1 aromatic rings. The van der Waals surface area contributed by atoms with Gasteiger partial charge in [-0.1, -0.05) is 12.2 Å². The smallest absolute Gasteiger partial charge is 0.191 e. The summed E-state index contributed by atoms with van der Waals surface area (Å²) in [6, 6.07) is 3.56. The molecule has 0 radical (unpaired) electrons. The number of hydrogen-bond donors (Lipinski definition) is 1. The summed E-state index contributed by atoms with van der Waals surface area (Å²) in [5, 5.41) is 0. The fourth-order valence-corrected chi connectivity index (χ4v) is 0.718. The lowest BCUT2D eigenvalue weighted by Gasteiger charge is -1.95. The van der Waals surface area contributed by atoms with Crippen LogP contribution in [-0.2, 0) is 0 Å². The summed E-state index contributed by atoms with van der Waals surface area (Å²) in [6.45, 7) is 0. The Bertz CT molecular complexity index is 243. The quantitative estimate of drug-likeness (QED) is 0.603. The summed E-state index contributed by atoms with van der Waals surface area (Å²) in [4.78, 5) is 2.87. The van der Waals surface area contributed by atoms with Crippen molar-refractivity contribution in [1.29, 1.82) is 0 Å². The molecule has 48 valence electrons. The highest BCUT2D eigenvalue weighted by molar-refractivity contribution is 7.71. The standard InChI is InChI=1S/C6H7NOS/c1-8-6-4-5(9)2-3-7-6/h2-4H,1H3,(H,7,9). The summed E-state index contributed by atoms with van der Waals surface area (Å²) in [7, 11) is 1.60. The van der Waals surface area contributed by atoms with E-state index in [1.807, 2.05) is 0 Å². The van der Waals surface area contributed by atoms with Crippen LogP contribution in [0.3, 0.4) is 0 Å². The minimum absolute atomic E-state index is 0.697. The third-order valence-corrected chi connectivity index (χ3v) is 1.22. The molecule has 0 aromatic carbocycles. The van der Waals surface area contributed by atoms with Crippen LogP contribution in [0.1, 0.15) is 0 Å². The molecule has 0 aliphatic heterocycles. The molecule has 1 N–H and O–H groups in total. The van der Waals surface area contributed by atoms with Gasteiger partial charge < -0.3 is 9.72 Å². The van der Waals surface area contributed by atoms with E-state index in [2.05, 4.69) is 4.98 Å². The Labute approximate surface area is 58.5 Å². The number of H-pyrrole nitrogens is 1. The maximum Gasteiger partial charge on any atom is 0.191 e. The Hall–Kier alpha value is -0.830. The fraction of sp³-hybridized carbons (Fsp3) is 0.167. The first-order chi connectivity index (χ1) is 4.33. The number of nitrogens with one attached hydrogen (secondary N) is 1. The van der Waals surface area contributed by atoms with E-state index in [4.69, 9.17) is 17.0 Å². The monoisotopic (exact) mass is 141 g/mol. The van der Waals surface area contributed by atoms with Gasteiger partial charge in [0, 0.05) is 16.8 Å². The van der Waals surface area contributed by atoms with Crippen LogP contribution in [0.4, 0.5) is 0 Å². The van der Waals surface area contributed by atoms with E-state index in [-0.39, 0.29) is 0 Å². The largest absolute Gasteiger partial charge is 0.482 e. The molecule has 2 nitrogen and oxygen atoms in total. The number of rotatable bonds is 1. The third kappa shape index (κ3) is 1.54. The highest BCUT2D eigenvalue weighted by Crippen LogP contribution is 2.02. The summed E-state index contributed by atoms with van der Waals surface area (Å²) in [5.41, 5.74) is 0. The molecule has 0 aliphatic carbocycles. The summed E-state index contributed by atoms with van der Waals surface area (Å²) in [5.74, 6) is 0.697. The fourth-order valence-electron chi connectivity index (χ4n) is 0.543. The van der Waals surface area contributed by atoms with Crippen molar-refractivity contribution < 1.29 is 4.74 Å². The molecular weight excluding hydrogens is 134 g/mol. The lowest BCUT2D eigenvalue weighted by atomic mass is 10.5. The molecule has 0 aliphatic rings. The predicted octanol–water partition coefficient (Wildman–Crippen LogP) is 1.75. The van der Waals surface area contributed by atoms with Crippen LogP contribution < -0.4 is 4.74 Å². The van der Waals surface area contributed by atoms with E-state index in [0.717, 1.165) is 4.51 Å². The highest BCUT2D eigenvalue weighted by atomic mass is 32.1. The first-order valence-electron chi connectivity index (χ1n) is 2.55. The molecule has 0 saturated heterocycles. The van der Waals surface area contributed by atoms with Gasteiger partial charge in [-0.3, -0.25) is 0 Å². The van der Waals surface area contributed by atoms with Gasteiger partial charge in [-0.15, -0.1) is 0 Å². The Kier molecular flexibility index (Phi) is 1.85. The topological polar surface area (TPSA) is 25.0 Å². The van der Waals surface area contributed by atoms with Gasteiger partial charge >= 0.3 is 0 Å². The maximum atomic E-state index is 4.87. The van der Waals surface area contributed by atoms with Gasteiger partial charge in [-0.05, 0) is 6.07 Å². The molecule has 1 heterocycles. The molecule has 0 spiro atoms. The van der Waals surface area contributed by atoms with Gasteiger partial charge in [0.15, 0.2) is 5.88 Å². The lowest BCUT2D eigenvalue weighted by molar-refractivity contribution is 0.397. The molecule has 9 heavy (non-hydrogen) atoms. The zero-order valence-corrected chi connectivity index (χ0v) is 5.87. The van der Waals surface area contributed by atoms with E-state index in [1.54, 1.807) is 25.4 Å². The second-order valence-corrected chi connectivity index (χ2v) is 2.06. The van der Waals surface area contributed by atoms with Crippen LogP contribution in [0.15, 0.2) is 18.3 Å². The molecule has 1 aromatic heterocycles. The van der Waals surface area contributed by atoms with Crippen molar-refractivity contribution in [1.82, 2.24) is 4.98 Å². The van der Waals surface area contributed by atoms with Gasteiger partial charge in [0.25, 0.3) is 0 Å². The van der Waals surface area contributed by atoms with Gasteiger partial charge in [0.2, 0.25) is 0 Å². The molecule has 1 rings (SSSR count). The van der Waals surface area contributed by atoms with Gasteiger partial charge in [0.1, 0.15) is 0 Å². The van der Waals surface area contributed by atoms with E-state index in [9.17, 15) is 0 Å². The van der Waals surface area contributed by atoms with Crippen LogP contribution in [0.5, 0.6) is 5.88 Å². The molecule has 0 unspecified atom stereocenters. The molecular formula is C6H7NOS. The van der Waals surface area contributed by atoms with Crippen molar-refractivity contribution in [3.05, 3.63) is 22.8 Å². The number of hydrogen-bond acceptors (Lipinski definition) is 2. The Balaban J connectivity index is 3.08. The van der Waals surface area contributed by atoms with Crippen LogP contribution in [0.2, 0.25) is 0 Å². The minimum atomic E-state index is 0.697. The van der Waals surface area contributed by atoms with Crippen molar-refractivity contribution >= 4 is 12.2 Å². The van der Waals surface area contributed by atoms with Crippen molar-refractivity contribution in [2.75, 3.05) is 7.11 Å². The molecule has 3 heteroatoms. The van der Waals surface area contributed by atoms with Crippen LogP contribution in [0, 0.1) is 4.51 Å². The molecule has 0 amide bonds. The summed E-state index contributed by atoms with van der Waals surface area (Å²) < 4.78 is 5.66. The van der Waals surface area contributed by atoms with Gasteiger partial charge in [0.05, 0.1) is 7.11 Å². The van der Waals surface area contributed by atoms with Crippen LogP contribution >= 0.6 is 12.2 Å². The average molecular weight is 141 g/mol. The van der Waals surface area contributed by atoms with Crippen molar-refractivity contribution in [2.24, 2.45) is 0 Å². The van der Waals surface area contributed by atoms with E-state index in [1.165, 1.54) is 0 Å². The molecule has 0 atom stereocenters. The van der Waals surface area contributed by atoms with Crippen LogP contribution in [0.25, 0.3) is 0 Å². The third-order valence-electron chi connectivity index (χ3n) is 0.966. The van der Waals surface area contributed by atoms with E-state index in [0.29, 0.717) is 5.88 Å². The second kappa shape index (κ2) is 2.64. The first-order valence-corrected chi connectivity index (χ1v) is 2.96. The average Bonchev–Trinajstić information content (AvgIpc) is 1.88. The number of pyridine rings is 1. The second-order valence-electron chi connectivity index (χ2n) is 1.59. The van der Waals surface area contributed by atoms with Crippen LogP contribution in [-0.4, -0.2) is 12.1 Å². The highest BCUT2D eigenvalue weighted by Gasteiger charge is 1.84. The molecule has 0 bridgehead atoms. The number of ether oxygens (including phenoxy) is 1. The minimum Gasteiger partial charge on any atom is -0.482 e. The summed E-state index contributed by atoms with van der Waals surface area (Å²) in [6.07, 6.45) is 1.75.